The van der Waals surface area contributed by atoms with E-state index in [1.807, 2.05) is 30.3 Å². The van der Waals surface area contributed by atoms with Gasteiger partial charge in [0.25, 0.3) is 5.91 Å². The molecule has 1 saturated heterocycles. The van der Waals surface area contributed by atoms with Gasteiger partial charge in [-0.25, -0.2) is 15.0 Å². The first-order chi connectivity index (χ1) is 18.0. The van der Waals surface area contributed by atoms with Gasteiger partial charge in [0.1, 0.15) is 12.2 Å². The summed E-state index contributed by atoms with van der Waals surface area (Å²) in [7, 11) is 0. The van der Waals surface area contributed by atoms with Crippen molar-refractivity contribution in [2.24, 2.45) is 0 Å². The molecule has 11 nitrogen and oxygen atoms in total. The number of anilines is 1. The highest BCUT2D eigenvalue weighted by Crippen LogP contribution is 2.33. The molecule has 4 N–H and O–H groups in total. The molecule has 0 unspecified atom stereocenters. The maximum absolute atomic E-state index is 12.4. The normalized spacial score (nSPS) is 21.3. The van der Waals surface area contributed by atoms with Gasteiger partial charge in [0.2, 0.25) is 0 Å². The van der Waals surface area contributed by atoms with Crippen molar-refractivity contribution in [3.63, 3.8) is 0 Å². The molecule has 1 amide bonds. The fraction of sp³-hybridized carbons (Fsp3) is 0.320. The predicted octanol–water partition coefficient (Wildman–Crippen LogP) is 1.95. The van der Waals surface area contributed by atoms with Crippen molar-refractivity contribution in [1.29, 1.82) is 0 Å². The summed E-state index contributed by atoms with van der Waals surface area (Å²) in [5.41, 5.74) is 2.54. The van der Waals surface area contributed by atoms with Crippen molar-refractivity contribution in [2.45, 2.75) is 37.9 Å². The number of rotatable bonds is 8. The zero-order valence-corrected chi connectivity index (χ0v) is 20.7. The van der Waals surface area contributed by atoms with Gasteiger partial charge in [0.15, 0.2) is 35.1 Å². The summed E-state index contributed by atoms with van der Waals surface area (Å²) in [6.45, 7) is 2.70. The van der Waals surface area contributed by atoms with E-state index >= 15 is 0 Å². The molecule has 0 saturated carbocycles. The SMILES string of the molecule is CCNC(=O)[C@H]1O[C@@H](n2cnc3c(NCCc4ccccc4)nc(-c4cncc(Cl)c4)nc32)[C@H](O)[C@@H]1O. The summed E-state index contributed by atoms with van der Waals surface area (Å²) in [4.78, 5) is 30.3. The van der Waals surface area contributed by atoms with E-state index in [2.05, 4.69) is 30.6 Å². The Labute approximate surface area is 217 Å². The summed E-state index contributed by atoms with van der Waals surface area (Å²) in [6, 6.07) is 11.7. The van der Waals surface area contributed by atoms with Crippen molar-refractivity contribution >= 4 is 34.5 Å². The Morgan fingerprint density at radius 2 is 1.97 bits per heavy atom. The van der Waals surface area contributed by atoms with Gasteiger partial charge in [-0.1, -0.05) is 41.9 Å². The van der Waals surface area contributed by atoms with Crippen LogP contribution in [0.4, 0.5) is 5.82 Å². The maximum Gasteiger partial charge on any atom is 0.252 e. The largest absolute Gasteiger partial charge is 0.387 e. The fourth-order valence-corrected chi connectivity index (χ4v) is 4.41. The number of nitrogens with one attached hydrogen (secondary N) is 2. The highest BCUT2D eigenvalue weighted by atomic mass is 35.5. The lowest BCUT2D eigenvalue weighted by atomic mass is 10.1. The van der Waals surface area contributed by atoms with Crippen LogP contribution in [0, 0.1) is 0 Å². The van der Waals surface area contributed by atoms with Gasteiger partial charge in [-0.15, -0.1) is 0 Å². The van der Waals surface area contributed by atoms with Crippen LogP contribution in [0.15, 0.2) is 55.1 Å². The second kappa shape index (κ2) is 10.8. The Hall–Kier alpha value is -3.64. The zero-order chi connectivity index (χ0) is 25.9. The Balaban J connectivity index is 1.52. The van der Waals surface area contributed by atoms with Crippen molar-refractivity contribution in [2.75, 3.05) is 18.4 Å². The minimum absolute atomic E-state index is 0.333. The Morgan fingerprint density at radius 1 is 1.16 bits per heavy atom. The quantitative estimate of drug-likeness (QED) is 0.272. The van der Waals surface area contributed by atoms with Crippen LogP contribution in [-0.4, -0.2) is 72.0 Å². The van der Waals surface area contributed by atoms with Crippen molar-refractivity contribution in [1.82, 2.24) is 29.8 Å². The van der Waals surface area contributed by atoms with E-state index < -0.39 is 30.4 Å². The number of amides is 1. The van der Waals surface area contributed by atoms with E-state index in [0.717, 1.165) is 12.0 Å². The van der Waals surface area contributed by atoms with Gasteiger partial charge in [-0.3, -0.25) is 14.3 Å². The molecule has 1 aliphatic rings. The number of aliphatic hydroxyl groups excluding tert-OH is 2. The van der Waals surface area contributed by atoms with Gasteiger partial charge in [-0.05, 0) is 25.0 Å². The van der Waals surface area contributed by atoms with Gasteiger partial charge in [0, 0.05) is 31.0 Å². The van der Waals surface area contributed by atoms with Gasteiger partial charge in [-0.2, -0.15) is 0 Å². The molecule has 12 heteroatoms. The number of carbonyl (C=O) groups is 1. The number of pyridine rings is 1. The summed E-state index contributed by atoms with van der Waals surface area (Å²) >= 11 is 6.15. The maximum atomic E-state index is 12.4. The standard InChI is InChI=1S/C25H26ClN7O4/c1-2-28-24(36)20-18(34)19(35)25(37-20)33-13-30-17-22(29-9-8-14-6-4-3-5-7-14)31-21(32-23(17)33)15-10-16(26)12-27-11-15/h3-7,10-13,18-20,25,34-35H,2,8-9H2,1H3,(H,28,36)(H,29,31,32)/t18-,19+,20-,25+/m0/s1. The molecule has 4 aromatic rings. The molecule has 192 valence electrons. The Kier molecular flexibility index (Phi) is 7.28. The number of ether oxygens (including phenoxy) is 1. The Bertz CT molecular complexity index is 1400. The third-order valence-electron chi connectivity index (χ3n) is 6.06. The third-order valence-corrected chi connectivity index (χ3v) is 6.26. The zero-order valence-electron chi connectivity index (χ0n) is 20.0. The van der Waals surface area contributed by atoms with Crippen LogP contribution in [0.25, 0.3) is 22.6 Å². The minimum atomic E-state index is -1.42. The van der Waals surface area contributed by atoms with Crippen LogP contribution < -0.4 is 10.6 Å². The second-order valence-electron chi connectivity index (χ2n) is 8.60. The number of halogens is 1. The minimum Gasteiger partial charge on any atom is -0.387 e. The predicted molar refractivity (Wildman–Crippen MR) is 137 cm³/mol. The molecule has 0 radical (unpaired) electrons. The van der Waals surface area contributed by atoms with E-state index in [0.29, 0.717) is 46.5 Å². The molecule has 0 spiro atoms. The highest BCUT2D eigenvalue weighted by Gasteiger charge is 2.47. The smallest absolute Gasteiger partial charge is 0.252 e. The van der Waals surface area contributed by atoms with Crippen LogP contribution >= 0.6 is 11.6 Å². The number of nitrogens with zero attached hydrogens (tertiary/aromatic N) is 5. The lowest BCUT2D eigenvalue weighted by Crippen LogP contribution is -2.42. The summed E-state index contributed by atoms with van der Waals surface area (Å²) in [6.07, 6.45) is 0.176. The average Bonchev–Trinajstić information content (AvgIpc) is 3.45. The number of benzene rings is 1. The Morgan fingerprint density at radius 3 is 2.73 bits per heavy atom. The third kappa shape index (κ3) is 5.12. The molecule has 4 atom stereocenters. The van der Waals surface area contributed by atoms with Crippen molar-refractivity contribution in [3.8, 4) is 11.4 Å². The van der Waals surface area contributed by atoms with Crippen LogP contribution in [0.1, 0.15) is 18.7 Å². The molecule has 3 aromatic heterocycles. The second-order valence-corrected chi connectivity index (χ2v) is 9.03. The monoisotopic (exact) mass is 523 g/mol. The first kappa shape index (κ1) is 25.0. The first-order valence-electron chi connectivity index (χ1n) is 11.9. The van der Waals surface area contributed by atoms with Crippen LogP contribution in [0.5, 0.6) is 0 Å². The van der Waals surface area contributed by atoms with Crippen LogP contribution in [0.3, 0.4) is 0 Å². The molecule has 1 fully saturated rings. The number of aromatic nitrogens is 5. The molecule has 1 aromatic carbocycles. The van der Waals surface area contributed by atoms with Gasteiger partial charge < -0.3 is 25.6 Å². The van der Waals surface area contributed by atoms with E-state index in [4.69, 9.17) is 16.3 Å². The molecule has 5 rings (SSSR count). The van der Waals surface area contributed by atoms with Gasteiger partial charge in [0.05, 0.1) is 11.3 Å². The number of likely N-dealkylation sites (N-methyl/N-ethyl adjacent to an activating group) is 1. The molecular formula is C25H26ClN7O4. The summed E-state index contributed by atoms with van der Waals surface area (Å²) in [5, 5.41) is 27.6. The number of hydrogen-bond acceptors (Lipinski definition) is 9. The van der Waals surface area contributed by atoms with Gasteiger partial charge >= 0.3 is 0 Å². The highest BCUT2D eigenvalue weighted by molar-refractivity contribution is 6.30. The number of fused-ring (bicyclic) bond motifs is 1. The first-order valence-corrected chi connectivity index (χ1v) is 12.3. The number of carbonyl (C=O) groups excluding carboxylic acids is 1. The molecule has 37 heavy (non-hydrogen) atoms. The summed E-state index contributed by atoms with van der Waals surface area (Å²) < 4.78 is 7.29. The lowest BCUT2D eigenvalue weighted by molar-refractivity contribution is -0.137. The van der Waals surface area contributed by atoms with Crippen LogP contribution in [-0.2, 0) is 16.0 Å². The lowest BCUT2D eigenvalue weighted by Gasteiger charge is -2.17. The van der Waals surface area contributed by atoms with E-state index in [1.54, 1.807) is 19.2 Å². The van der Waals surface area contributed by atoms with E-state index in [9.17, 15) is 15.0 Å². The topological polar surface area (TPSA) is 147 Å². The van der Waals surface area contributed by atoms with E-state index in [-0.39, 0.29) is 0 Å². The number of hydrogen-bond donors (Lipinski definition) is 4. The molecule has 1 aliphatic heterocycles. The molecular weight excluding hydrogens is 498 g/mol. The summed E-state index contributed by atoms with van der Waals surface area (Å²) in [5.74, 6) is 0.298. The molecule has 0 aliphatic carbocycles. The fourth-order valence-electron chi connectivity index (χ4n) is 4.24. The van der Waals surface area contributed by atoms with E-state index in [1.165, 1.54) is 17.1 Å². The average molecular weight is 524 g/mol. The number of aliphatic hydroxyl groups is 2. The number of imidazole rings is 1. The molecule has 0 bridgehead atoms. The van der Waals surface area contributed by atoms with Crippen molar-refractivity contribution in [3.05, 3.63) is 65.7 Å². The van der Waals surface area contributed by atoms with Crippen LogP contribution in [0.2, 0.25) is 5.02 Å². The molecule has 4 heterocycles. The van der Waals surface area contributed by atoms with Crippen molar-refractivity contribution < 1.29 is 19.7 Å².